The molecule has 2 heterocycles. The second kappa shape index (κ2) is 9.37. The molecular weight excluding hydrogens is 523 g/mol. The number of carbonyl (C=O) groups excluding carboxylic acids is 1. The Hall–Kier alpha value is -2.93. The molecule has 0 aliphatic carbocycles. The molecule has 0 bridgehead atoms. The van der Waals surface area contributed by atoms with Crippen LogP contribution in [0.15, 0.2) is 62.4 Å². The van der Waals surface area contributed by atoms with Gasteiger partial charge in [0, 0.05) is 10.6 Å². The largest absolute Gasteiger partial charge is 0.333 e. The fraction of sp³-hybridized carbons (Fsp3) is 0.0952. The van der Waals surface area contributed by atoms with Crippen LogP contribution in [-0.2, 0) is 10.0 Å². The average Bonchev–Trinajstić information content (AvgIpc) is 3.22. The number of benzene rings is 2. The molecule has 0 spiro atoms. The Bertz CT molecular complexity index is 1600. The van der Waals surface area contributed by atoms with Gasteiger partial charge in [0.1, 0.15) is 15.9 Å². The van der Waals surface area contributed by atoms with Crippen molar-refractivity contribution in [1.29, 1.82) is 0 Å². The molecule has 0 atom stereocenters. The number of hydrogen-bond acceptors (Lipinski definition) is 7. The summed E-state index contributed by atoms with van der Waals surface area (Å²) in [6.07, 6.45) is 1.88. The number of nitrogens with zero attached hydrogens (tertiary/aromatic N) is 2. The van der Waals surface area contributed by atoms with Gasteiger partial charge in [-0.1, -0.05) is 11.6 Å². The number of anilines is 1. The third-order valence-corrected chi connectivity index (χ3v) is 8.51. The van der Waals surface area contributed by atoms with E-state index in [4.69, 9.17) is 11.6 Å². The maximum absolute atomic E-state index is 15.0. The van der Waals surface area contributed by atoms with Crippen LogP contribution in [0, 0.1) is 12.7 Å². The minimum Gasteiger partial charge on any atom is -0.307 e. The number of thiophene rings is 1. The van der Waals surface area contributed by atoms with E-state index in [-0.39, 0.29) is 25.7 Å². The van der Waals surface area contributed by atoms with Gasteiger partial charge < -0.3 is 5.32 Å². The fourth-order valence-electron chi connectivity index (χ4n) is 3.22. The van der Waals surface area contributed by atoms with Crippen molar-refractivity contribution in [3.63, 3.8) is 0 Å². The third-order valence-electron chi connectivity index (χ3n) is 4.73. The molecular formula is C21H16ClFN4O4S3. The van der Waals surface area contributed by atoms with Crippen LogP contribution in [0.25, 0.3) is 16.6 Å². The smallest absolute Gasteiger partial charge is 0.307 e. The van der Waals surface area contributed by atoms with Crippen molar-refractivity contribution in [2.45, 2.75) is 16.0 Å². The van der Waals surface area contributed by atoms with Crippen LogP contribution in [0.2, 0.25) is 4.34 Å². The van der Waals surface area contributed by atoms with E-state index in [1.54, 1.807) is 19.1 Å². The first-order valence-electron chi connectivity index (χ1n) is 9.55. The van der Waals surface area contributed by atoms with Gasteiger partial charge in [-0.25, -0.2) is 27.3 Å². The molecule has 0 radical (unpaired) electrons. The van der Waals surface area contributed by atoms with Gasteiger partial charge in [0.2, 0.25) is 0 Å². The molecule has 4 rings (SSSR count). The molecule has 0 aliphatic heterocycles. The third kappa shape index (κ3) is 4.80. The first kappa shape index (κ1) is 24.2. The zero-order valence-corrected chi connectivity index (χ0v) is 20.8. The van der Waals surface area contributed by atoms with Crippen LogP contribution in [0.5, 0.6) is 0 Å². The van der Waals surface area contributed by atoms with Crippen LogP contribution in [0.4, 0.5) is 14.9 Å². The summed E-state index contributed by atoms with van der Waals surface area (Å²) in [6.45, 7) is 1.59. The number of carbonyl (C=O) groups is 1. The van der Waals surface area contributed by atoms with Crippen LogP contribution in [-0.4, -0.2) is 30.3 Å². The SMILES string of the molecule is CSc1ccc2nc(C)n(-c3ccc(NC(=O)NS(=O)(=O)c4ccc(Cl)s4)cc3F)c(=O)c2c1. The van der Waals surface area contributed by atoms with Gasteiger partial charge in [-0.2, -0.15) is 0 Å². The number of aromatic nitrogens is 2. The van der Waals surface area contributed by atoms with Crippen LogP contribution < -0.4 is 15.6 Å². The first-order chi connectivity index (χ1) is 16.1. The topological polar surface area (TPSA) is 110 Å². The van der Waals surface area contributed by atoms with Crippen LogP contribution in [0.3, 0.4) is 0 Å². The van der Waals surface area contributed by atoms with Gasteiger partial charge in [-0.15, -0.1) is 23.1 Å². The molecule has 4 aromatic rings. The number of nitrogens with one attached hydrogen (secondary N) is 2. The number of hydrogen-bond donors (Lipinski definition) is 2. The number of amides is 2. The number of urea groups is 1. The Morgan fingerprint density at radius 1 is 1.18 bits per heavy atom. The highest BCUT2D eigenvalue weighted by Crippen LogP contribution is 2.26. The van der Waals surface area contributed by atoms with E-state index in [0.29, 0.717) is 10.9 Å². The predicted octanol–water partition coefficient (Wildman–Crippen LogP) is 4.78. The van der Waals surface area contributed by atoms with E-state index in [0.717, 1.165) is 26.9 Å². The molecule has 8 nitrogen and oxygen atoms in total. The molecule has 2 N–H and O–H groups in total. The molecule has 2 amide bonds. The summed E-state index contributed by atoms with van der Waals surface area (Å²) in [5, 5.41) is 2.61. The molecule has 34 heavy (non-hydrogen) atoms. The predicted molar refractivity (Wildman–Crippen MR) is 132 cm³/mol. The molecule has 2 aromatic heterocycles. The summed E-state index contributed by atoms with van der Waals surface area (Å²) in [6, 6.07) is 10.5. The van der Waals surface area contributed by atoms with Crippen molar-refractivity contribution >= 4 is 67.3 Å². The lowest BCUT2D eigenvalue weighted by atomic mass is 10.2. The summed E-state index contributed by atoms with van der Waals surface area (Å²) in [4.78, 5) is 30.6. The maximum Gasteiger partial charge on any atom is 0.333 e. The maximum atomic E-state index is 15.0. The standard InChI is InChI=1S/C21H16ClFN4O4S3/c1-11-24-16-5-4-13(32-2)10-14(16)20(28)27(11)17-6-3-12(9-15(17)23)25-21(29)26-34(30,31)19-8-7-18(22)33-19/h3-10H,1-2H3,(H2,25,26,29). The highest BCUT2D eigenvalue weighted by Gasteiger charge is 2.20. The van der Waals surface area contributed by atoms with Crippen molar-refractivity contribution < 1.29 is 17.6 Å². The lowest BCUT2D eigenvalue weighted by Gasteiger charge is -2.13. The van der Waals surface area contributed by atoms with E-state index in [1.165, 1.54) is 36.0 Å². The summed E-state index contributed by atoms with van der Waals surface area (Å²) >= 11 is 7.99. The van der Waals surface area contributed by atoms with Crippen molar-refractivity contribution in [3.8, 4) is 5.69 Å². The Labute approximate surface area is 206 Å². The van der Waals surface area contributed by atoms with Gasteiger partial charge in [-0.05, 0) is 61.7 Å². The average molecular weight is 539 g/mol. The summed E-state index contributed by atoms with van der Waals surface area (Å²) in [5.41, 5.74) is -0.00264. The second-order valence-electron chi connectivity index (χ2n) is 6.97. The van der Waals surface area contributed by atoms with Gasteiger partial charge in [0.15, 0.2) is 0 Å². The van der Waals surface area contributed by atoms with Gasteiger partial charge >= 0.3 is 6.03 Å². The molecule has 0 saturated heterocycles. The number of halogens is 2. The Morgan fingerprint density at radius 3 is 2.59 bits per heavy atom. The lowest BCUT2D eigenvalue weighted by molar-refractivity contribution is 0.256. The van der Waals surface area contributed by atoms with Crippen LogP contribution >= 0.6 is 34.7 Å². The fourth-order valence-corrected chi connectivity index (χ4v) is 6.05. The Kier molecular flexibility index (Phi) is 6.67. The van der Waals surface area contributed by atoms with E-state index in [2.05, 4.69) is 10.3 Å². The number of aryl methyl sites for hydroxylation is 1. The quantitative estimate of drug-likeness (QED) is 0.354. The first-order valence-corrected chi connectivity index (χ1v) is 13.5. The summed E-state index contributed by atoms with van der Waals surface area (Å²) < 4.78 is 42.6. The molecule has 0 unspecified atom stereocenters. The summed E-state index contributed by atoms with van der Waals surface area (Å²) in [7, 11) is -4.14. The molecule has 0 fully saturated rings. The normalized spacial score (nSPS) is 11.5. The number of sulfonamides is 1. The van der Waals surface area contributed by atoms with Crippen LogP contribution in [0.1, 0.15) is 5.82 Å². The van der Waals surface area contributed by atoms with E-state index in [9.17, 15) is 18.0 Å². The van der Waals surface area contributed by atoms with Crippen molar-refractivity contribution in [2.75, 3.05) is 11.6 Å². The highest BCUT2D eigenvalue weighted by molar-refractivity contribution is 7.98. The van der Waals surface area contributed by atoms with E-state index < -0.39 is 27.4 Å². The van der Waals surface area contributed by atoms with Gasteiger partial charge in [0.25, 0.3) is 15.6 Å². The number of thioether (sulfide) groups is 1. The number of fused-ring (bicyclic) bond motifs is 1. The second-order valence-corrected chi connectivity index (χ2v) is 11.5. The minimum absolute atomic E-state index is 0.0118. The van der Waals surface area contributed by atoms with Crippen molar-refractivity contribution in [3.05, 3.63) is 74.9 Å². The molecule has 13 heteroatoms. The minimum atomic E-state index is -4.14. The summed E-state index contributed by atoms with van der Waals surface area (Å²) in [5.74, 6) is -0.523. The zero-order chi connectivity index (χ0) is 24.6. The monoisotopic (exact) mass is 538 g/mol. The Morgan fingerprint density at radius 2 is 1.94 bits per heavy atom. The zero-order valence-electron chi connectivity index (χ0n) is 17.6. The highest BCUT2D eigenvalue weighted by atomic mass is 35.5. The van der Waals surface area contributed by atoms with Gasteiger partial charge in [0.05, 0.1) is 20.9 Å². The number of rotatable bonds is 5. The molecule has 2 aromatic carbocycles. The van der Waals surface area contributed by atoms with Crippen molar-refractivity contribution in [1.82, 2.24) is 14.3 Å². The van der Waals surface area contributed by atoms with Crippen molar-refractivity contribution in [2.24, 2.45) is 0 Å². The Balaban J connectivity index is 1.62. The molecule has 176 valence electrons. The molecule has 0 aliphatic rings. The van der Waals surface area contributed by atoms with E-state index >= 15 is 4.39 Å². The van der Waals surface area contributed by atoms with Gasteiger partial charge in [-0.3, -0.25) is 9.36 Å². The van der Waals surface area contributed by atoms with E-state index in [1.807, 2.05) is 17.0 Å². The lowest BCUT2D eigenvalue weighted by Crippen LogP contribution is -2.34. The molecule has 0 saturated carbocycles.